The number of rotatable bonds is 5. The van der Waals surface area contributed by atoms with E-state index in [1.165, 1.54) is 17.4 Å². The Bertz CT molecular complexity index is 958. The number of aryl methyl sites for hydroxylation is 1. The van der Waals surface area contributed by atoms with Crippen LogP contribution in [0.15, 0.2) is 47.5 Å². The molecule has 130 valence electrons. The Labute approximate surface area is 149 Å². The summed E-state index contributed by atoms with van der Waals surface area (Å²) in [5.41, 5.74) is 2.05. The Hall–Kier alpha value is -2.31. The standard InChI is InChI=1S/C19H19FN2O2S/c1-3-24-12-11-22-17-15(20)5-4-6-16(17)25-19(22)21-18(23)14-9-7-13(2)8-10-14/h4-10H,3,11-12H2,1-2H3. The highest BCUT2D eigenvalue weighted by atomic mass is 32.1. The molecule has 25 heavy (non-hydrogen) atoms. The van der Waals surface area contributed by atoms with Crippen molar-refractivity contribution < 1.29 is 13.9 Å². The van der Waals surface area contributed by atoms with E-state index in [-0.39, 0.29) is 11.7 Å². The van der Waals surface area contributed by atoms with Crippen molar-refractivity contribution in [2.24, 2.45) is 4.99 Å². The molecule has 3 rings (SSSR count). The highest BCUT2D eigenvalue weighted by molar-refractivity contribution is 7.16. The van der Waals surface area contributed by atoms with Gasteiger partial charge in [0.05, 0.1) is 16.8 Å². The van der Waals surface area contributed by atoms with Crippen LogP contribution < -0.4 is 4.80 Å². The number of benzene rings is 2. The molecule has 0 saturated carbocycles. The maximum Gasteiger partial charge on any atom is 0.279 e. The van der Waals surface area contributed by atoms with Gasteiger partial charge in [0.2, 0.25) is 0 Å². The van der Waals surface area contributed by atoms with Gasteiger partial charge >= 0.3 is 0 Å². The van der Waals surface area contributed by atoms with E-state index in [1.807, 2.05) is 32.0 Å². The van der Waals surface area contributed by atoms with Gasteiger partial charge < -0.3 is 9.30 Å². The fourth-order valence-corrected chi connectivity index (χ4v) is 3.60. The van der Waals surface area contributed by atoms with E-state index in [0.717, 1.165) is 10.3 Å². The van der Waals surface area contributed by atoms with Gasteiger partial charge in [-0.15, -0.1) is 0 Å². The Kier molecular flexibility index (Phi) is 5.40. The molecule has 0 atom stereocenters. The zero-order valence-electron chi connectivity index (χ0n) is 14.2. The van der Waals surface area contributed by atoms with Crippen molar-refractivity contribution in [2.45, 2.75) is 20.4 Å². The molecule has 0 aliphatic rings. The van der Waals surface area contributed by atoms with Crippen LogP contribution in [0, 0.1) is 12.7 Å². The van der Waals surface area contributed by atoms with E-state index < -0.39 is 0 Å². The number of amides is 1. The number of fused-ring (bicyclic) bond motifs is 1. The quantitative estimate of drug-likeness (QED) is 0.649. The lowest BCUT2D eigenvalue weighted by atomic mass is 10.1. The van der Waals surface area contributed by atoms with Gasteiger partial charge in [-0.2, -0.15) is 4.99 Å². The lowest BCUT2D eigenvalue weighted by Crippen LogP contribution is -2.20. The lowest BCUT2D eigenvalue weighted by Gasteiger charge is -2.06. The first kappa shape index (κ1) is 17.5. The van der Waals surface area contributed by atoms with Crippen LogP contribution in [-0.2, 0) is 11.3 Å². The smallest absolute Gasteiger partial charge is 0.279 e. The number of halogens is 1. The Morgan fingerprint density at radius 1 is 1.24 bits per heavy atom. The molecule has 1 heterocycles. The van der Waals surface area contributed by atoms with E-state index in [4.69, 9.17) is 4.74 Å². The van der Waals surface area contributed by atoms with Crippen LogP contribution in [0.25, 0.3) is 10.2 Å². The first-order valence-electron chi connectivity index (χ1n) is 8.11. The average molecular weight is 358 g/mol. The minimum Gasteiger partial charge on any atom is -0.380 e. The van der Waals surface area contributed by atoms with Gasteiger partial charge in [0.25, 0.3) is 5.91 Å². The van der Waals surface area contributed by atoms with Crippen molar-refractivity contribution >= 4 is 27.5 Å². The molecule has 0 saturated heterocycles. The zero-order chi connectivity index (χ0) is 17.8. The minimum absolute atomic E-state index is 0.325. The molecule has 0 bridgehead atoms. The lowest BCUT2D eigenvalue weighted by molar-refractivity contribution is 0.0996. The Morgan fingerprint density at radius 2 is 2.00 bits per heavy atom. The number of aromatic nitrogens is 1. The van der Waals surface area contributed by atoms with Crippen molar-refractivity contribution in [1.29, 1.82) is 0 Å². The fraction of sp³-hybridized carbons (Fsp3) is 0.263. The second-order valence-corrected chi connectivity index (χ2v) is 6.61. The zero-order valence-corrected chi connectivity index (χ0v) is 15.0. The topological polar surface area (TPSA) is 43.6 Å². The van der Waals surface area contributed by atoms with Crippen molar-refractivity contribution in [1.82, 2.24) is 4.57 Å². The third kappa shape index (κ3) is 3.86. The number of thiazole rings is 1. The first-order chi connectivity index (χ1) is 12.1. The predicted molar refractivity (Wildman–Crippen MR) is 97.3 cm³/mol. The minimum atomic E-state index is -0.336. The molecule has 0 spiro atoms. The largest absolute Gasteiger partial charge is 0.380 e. The van der Waals surface area contributed by atoms with Crippen molar-refractivity contribution in [3.63, 3.8) is 0 Å². The molecule has 2 aromatic carbocycles. The number of hydrogen-bond donors (Lipinski definition) is 0. The van der Waals surface area contributed by atoms with Crippen LogP contribution >= 0.6 is 11.3 Å². The Balaban J connectivity index is 2.07. The van der Waals surface area contributed by atoms with E-state index in [2.05, 4.69) is 4.99 Å². The number of para-hydroxylation sites is 1. The van der Waals surface area contributed by atoms with Gasteiger partial charge in [-0.1, -0.05) is 35.1 Å². The summed E-state index contributed by atoms with van der Waals surface area (Å²) in [6, 6.07) is 12.1. The van der Waals surface area contributed by atoms with Gasteiger partial charge in [-0.05, 0) is 38.1 Å². The molecule has 1 amide bonds. The SMILES string of the molecule is CCOCCn1c(=NC(=O)c2ccc(C)cc2)sc2cccc(F)c21. The van der Waals surface area contributed by atoms with Crippen LogP contribution in [0.1, 0.15) is 22.8 Å². The molecule has 1 aromatic heterocycles. The van der Waals surface area contributed by atoms with Crippen LogP contribution in [0.4, 0.5) is 4.39 Å². The van der Waals surface area contributed by atoms with Crippen molar-refractivity contribution in [2.75, 3.05) is 13.2 Å². The summed E-state index contributed by atoms with van der Waals surface area (Å²) in [6.45, 7) is 5.32. The number of carbonyl (C=O) groups excluding carboxylic acids is 1. The van der Waals surface area contributed by atoms with Crippen molar-refractivity contribution in [3.8, 4) is 0 Å². The molecular weight excluding hydrogens is 339 g/mol. The average Bonchev–Trinajstić information content (AvgIpc) is 2.94. The molecule has 0 unspecified atom stereocenters. The number of nitrogens with zero attached hydrogens (tertiary/aromatic N) is 2. The number of hydrogen-bond acceptors (Lipinski definition) is 3. The van der Waals surface area contributed by atoms with Crippen LogP contribution in [0.3, 0.4) is 0 Å². The molecular formula is C19H19FN2O2S. The summed E-state index contributed by atoms with van der Waals surface area (Å²) in [5.74, 6) is -0.661. The van der Waals surface area contributed by atoms with Gasteiger partial charge in [0.15, 0.2) is 4.80 Å². The molecule has 0 N–H and O–H groups in total. The first-order valence-corrected chi connectivity index (χ1v) is 8.93. The summed E-state index contributed by atoms with van der Waals surface area (Å²) < 4.78 is 22.2. The van der Waals surface area contributed by atoms with Crippen molar-refractivity contribution in [3.05, 3.63) is 64.2 Å². The summed E-state index contributed by atoms with van der Waals surface area (Å²) in [4.78, 5) is 17.2. The van der Waals surface area contributed by atoms with E-state index in [9.17, 15) is 9.18 Å². The Morgan fingerprint density at radius 3 is 2.72 bits per heavy atom. The number of carbonyl (C=O) groups is 1. The third-order valence-electron chi connectivity index (χ3n) is 3.81. The van der Waals surface area contributed by atoms with E-state index >= 15 is 0 Å². The third-order valence-corrected chi connectivity index (χ3v) is 4.85. The van der Waals surface area contributed by atoms with Gasteiger partial charge in [-0.25, -0.2) is 4.39 Å². The van der Waals surface area contributed by atoms with Gasteiger partial charge in [0.1, 0.15) is 5.82 Å². The summed E-state index contributed by atoms with van der Waals surface area (Å²) >= 11 is 1.30. The molecule has 0 fully saturated rings. The van der Waals surface area contributed by atoms with Crippen LogP contribution in [-0.4, -0.2) is 23.7 Å². The maximum atomic E-state index is 14.3. The van der Waals surface area contributed by atoms with E-state index in [1.54, 1.807) is 22.8 Å². The number of ether oxygens (including phenoxy) is 1. The second-order valence-electron chi connectivity index (χ2n) is 5.60. The monoisotopic (exact) mass is 358 g/mol. The summed E-state index contributed by atoms with van der Waals surface area (Å²) in [6.07, 6.45) is 0. The molecule has 6 heteroatoms. The normalized spacial score (nSPS) is 12.0. The fourth-order valence-electron chi connectivity index (χ4n) is 2.53. The van der Waals surface area contributed by atoms with Crippen LogP contribution in [0.2, 0.25) is 0 Å². The van der Waals surface area contributed by atoms with Gasteiger partial charge in [-0.3, -0.25) is 4.79 Å². The molecule has 4 nitrogen and oxygen atoms in total. The second kappa shape index (κ2) is 7.72. The molecule has 0 aliphatic heterocycles. The highest BCUT2D eigenvalue weighted by Crippen LogP contribution is 2.20. The summed E-state index contributed by atoms with van der Waals surface area (Å²) in [7, 11) is 0. The molecule has 0 aliphatic carbocycles. The maximum absolute atomic E-state index is 14.3. The molecule has 3 aromatic rings. The van der Waals surface area contributed by atoms with E-state index in [0.29, 0.717) is 35.6 Å². The predicted octanol–water partition coefficient (Wildman–Crippen LogP) is 3.93. The van der Waals surface area contributed by atoms with Gasteiger partial charge in [0, 0.05) is 18.7 Å². The highest BCUT2D eigenvalue weighted by Gasteiger charge is 2.12. The van der Waals surface area contributed by atoms with Crippen LogP contribution in [0.5, 0.6) is 0 Å². The summed E-state index contributed by atoms with van der Waals surface area (Å²) in [5, 5.41) is 0. The molecule has 0 radical (unpaired) electrons.